The van der Waals surface area contributed by atoms with Crippen LogP contribution in [0, 0.1) is 0 Å². The van der Waals surface area contributed by atoms with Crippen LogP contribution in [0.15, 0.2) is 180 Å². The van der Waals surface area contributed by atoms with E-state index in [4.69, 9.17) is 19.4 Å². The van der Waals surface area contributed by atoms with Gasteiger partial charge >= 0.3 is 0 Å². The summed E-state index contributed by atoms with van der Waals surface area (Å²) in [7, 11) is 0. The van der Waals surface area contributed by atoms with Crippen molar-refractivity contribution in [3.8, 4) is 56.4 Å². The number of fused-ring (bicyclic) bond motifs is 6. The van der Waals surface area contributed by atoms with Crippen LogP contribution in [0.3, 0.4) is 0 Å². The Morgan fingerprint density at radius 3 is 1.61 bits per heavy atom. The third kappa shape index (κ3) is 5.13. The Labute approximate surface area is 294 Å². The van der Waals surface area contributed by atoms with E-state index in [0.29, 0.717) is 17.5 Å². The molecule has 0 atom stereocenters. The van der Waals surface area contributed by atoms with Crippen LogP contribution in [0.5, 0.6) is 0 Å². The second kappa shape index (κ2) is 11.9. The maximum absolute atomic E-state index is 6.55. The van der Waals surface area contributed by atoms with Gasteiger partial charge in [-0.25, -0.2) is 15.0 Å². The van der Waals surface area contributed by atoms with Crippen molar-refractivity contribution < 1.29 is 4.42 Å². The maximum Gasteiger partial charge on any atom is 0.164 e. The molecule has 4 heteroatoms. The van der Waals surface area contributed by atoms with E-state index in [2.05, 4.69) is 140 Å². The second-order valence-electron chi connectivity index (χ2n) is 12.8. The van der Waals surface area contributed by atoms with Crippen LogP contribution >= 0.6 is 0 Å². The SMILES string of the molecule is c1ccc(-c2ccc3oc4c5ccccc5c(-c5nc(-c6ccccc6)nc(-c6ccc(-c7ccc8ccccc8c7)cc6)n5)cc4c3c2)cc1. The average molecular weight is 652 g/mol. The van der Waals surface area contributed by atoms with Gasteiger partial charge in [0, 0.05) is 32.8 Å². The number of hydrogen-bond donors (Lipinski definition) is 0. The molecule has 2 heterocycles. The number of aromatic nitrogens is 3. The molecule has 0 spiro atoms. The van der Waals surface area contributed by atoms with Crippen LogP contribution < -0.4 is 0 Å². The van der Waals surface area contributed by atoms with Crippen molar-refractivity contribution in [2.45, 2.75) is 0 Å². The predicted octanol–water partition coefficient (Wildman–Crippen LogP) is 12.4. The summed E-state index contributed by atoms with van der Waals surface area (Å²) in [4.78, 5) is 15.3. The molecule has 0 aliphatic carbocycles. The van der Waals surface area contributed by atoms with E-state index in [-0.39, 0.29) is 0 Å². The molecule has 51 heavy (non-hydrogen) atoms. The van der Waals surface area contributed by atoms with E-state index in [1.807, 2.05) is 36.4 Å². The molecule has 0 amide bonds. The minimum atomic E-state index is 0.615. The zero-order valence-electron chi connectivity index (χ0n) is 27.5. The molecule has 238 valence electrons. The summed E-state index contributed by atoms with van der Waals surface area (Å²) in [6.45, 7) is 0. The first-order valence-corrected chi connectivity index (χ1v) is 17.1. The van der Waals surface area contributed by atoms with Crippen LogP contribution in [0.2, 0.25) is 0 Å². The highest BCUT2D eigenvalue weighted by atomic mass is 16.3. The van der Waals surface area contributed by atoms with Crippen LogP contribution in [0.1, 0.15) is 0 Å². The van der Waals surface area contributed by atoms with Crippen molar-refractivity contribution in [2.75, 3.05) is 0 Å². The van der Waals surface area contributed by atoms with Crippen LogP contribution in [-0.4, -0.2) is 15.0 Å². The van der Waals surface area contributed by atoms with E-state index in [0.717, 1.165) is 66.1 Å². The fourth-order valence-electron chi connectivity index (χ4n) is 7.12. The van der Waals surface area contributed by atoms with Gasteiger partial charge in [-0.3, -0.25) is 0 Å². The molecule has 2 aromatic heterocycles. The molecular weight excluding hydrogens is 623 g/mol. The normalized spacial score (nSPS) is 11.5. The van der Waals surface area contributed by atoms with E-state index >= 15 is 0 Å². The number of rotatable bonds is 5. The zero-order valence-corrected chi connectivity index (χ0v) is 27.5. The Bertz CT molecular complexity index is 2900. The molecule has 4 nitrogen and oxygen atoms in total. The summed E-state index contributed by atoms with van der Waals surface area (Å²) in [5, 5.41) is 6.58. The van der Waals surface area contributed by atoms with Gasteiger partial charge in [-0.15, -0.1) is 0 Å². The van der Waals surface area contributed by atoms with Crippen LogP contribution in [0.4, 0.5) is 0 Å². The quantitative estimate of drug-likeness (QED) is 0.186. The van der Waals surface area contributed by atoms with Gasteiger partial charge < -0.3 is 4.42 Å². The van der Waals surface area contributed by atoms with Crippen molar-refractivity contribution >= 4 is 43.5 Å². The van der Waals surface area contributed by atoms with E-state index < -0.39 is 0 Å². The number of benzene rings is 8. The molecule has 0 radical (unpaired) electrons. The topological polar surface area (TPSA) is 51.8 Å². The van der Waals surface area contributed by atoms with Gasteiger partial charge in [0.15, 0.2) is 17.5 Å². The Morgan fingerprint density at radius 1 is 0.314 bits per heavy atom. The fourth-order valence-corrected chi connectivity index (χ4v) is 7.12. The third-order valence-electron chi connectivity index (χ3n) is 9.72. The van der Waals surface area contributed by atoms with Crippen molar-refractivity contribution in [1.29, 1.82) is 0 Å². The molecule has 10 rings (SSSR count). The van der Waals surface area contributed by atoms with Crippen molar-refractivity contribution in [2.24, 2.45) is 0 Å². The lowest BCUT2D eigenvalue weighted by Gasteiger charge is -2.11. The second-order valence-corrected chi connectivity index (χ2v) is 12.8. The van der Waals surface area contributed by atoms with Crippen LogP contribution in [-0.2, 0) is 0 Å². The summed E-state index contributed by atoms with van der Waals surface area (Å²) in [5.41, 5.74) is 9.10. The number of nitrogens with zero attached hydrogens (tertiary/aromatic N) is 3. The zero-order chi connectivity index (χ0) is 33.7. The van der Waals surface area contributed by atoms with Crippen LogP contribution in [0.25, 0.3) is 99.9 Å². The smallest absolute Gasteiger partial charge is 0.164 e. The molecule has 0 aliphatic rings. The lowest BCUT2D eigenvalue weighted by molar-refractivity contribution is 0.673. The van der Waals surface area contributed by atoms with Gasteiger partial charge in [0.05, 0.1) is 0 Å². The highest BCUT2D eigenvalue weighted by Crippen LogP contribution is 2.41. The van der Waals surface area contributed by atoms with Gasteiger partial charge in [0.2, 0.25) is 0 Å². The van der Waals surface area contributed by atoms with Crippen molar-refractivity contribution in [3.05, 3.63) is 176 Å². The summed E-state index contributed by atoms with van der Waals surface area (Å²) in [6.07, 6.45) is 0. The summed E-state index contributed by atoms with van der Waals surface area (Å²) < 4.78 is 6.55. The fraction of sp³-hybridized carbons (Fsp3) is 0. The average Bonchev–Trinajstić information content (AvgIpc) is 3.59. The Morgan fingerprint density at radius 2 is 0.843 bits per heavy atom. The molecule has 0 saturated heterocycles. The molecule has 0 N–H and O–H groups in total. The van der Waals surface area contributed by atoms with Gasteiger partial charge in [-0.2, -0.15) is 0 Å². The van der Waals surface area contributed by atoms with Gasteiger partial charge in [-0.1, -0.05) is 152 Å². The van der Waals surface area contributed by atoms with E-state index in [1.165, 1.54) is 16.3 Å². The van der Waals surface area contributed by atoms with Gasteiger partial charge in [0.25, 0.3) is 0 Å². The largest absolute Gasteiger partial charge is 0.455 e. The first kappa shape index (κ1) is 29.0. The van der Waals surface area contributed by atoms with E-state index in [1.54, 1.807) is 0 Å². The van der Waals surface area contributed by atoms with Crippen molar-refractivity contribution in [3.63, 3.8) is 0 Å². The number of hydrogen-bond acceptors (Lipinski definition) is 4. The molecule has 0 unspecified atom stereocenters. The first-order valence-electron chi connectivity index (χ1n) is 17.1. The lowest BCUT2D eigenvalue weighted by atomic mass is 9.98. The molecule has 0 aliphatic heterocycles. The minimum absolute atomic E-state index is 0.615. The molecule has 0 saturated carbocycles. The van der Waals surface area contributed by atoms with Gasteiger partial charge in [0.1, 0.15) is 11.2 Å². The standard InChI is InChI=1S/C47H29N3O/c1-3-11-30(12-4-1)37-25-26-43-40(28-37)41-29-42(38-17-9-10-18-39(38)44(41)51-43)47-49-45(33-14-5-2-6-15-33)48-46(50-47)34-22-19-32(20-23-34)36-24-21-31-13-7-8-16-35(31)27-36/h1-29H. The summed E-state index contributed by atoms with van der Waals surface area (Å²) >= 11 is 0. The monoisotopic (exact) mass is 651 g/mol. The molecule has 10 aromatic rings. The van der Waals surface area contributed by atoms with Gasteiger partial charge in [-0.05, 0) is 62.7 Å². The molecule has 8 aromatic carbocycles. The highest BCUT2D eigenvalue weighted by molar-refractivity contribution is 6.19. The molecular formula is C47H29N3O. The highest BCUT2D eigenvalue weighted by Gasteiger charge is 2.19. The van der Waals surface area contributed by atoms with E-state index in [9.17, 15) is 0 Å². The number of furan rings is 1. The first-order chi connectivity index (χ1) is 25.2. The predicted molar refractivity (Wildman–Crippen MR) is 209 cm³/mol. The summed E-state index contributed by atoms with van der Waals surface area (Å²) in [6, 6.07) is 61.1. The third-order valence-corrected chi connectivity index (χ3v) is 9.72. The Kier molecular flexibility index (Phi) is 6.78. The lowest BCUT2D eigenvalue weighted by Crippen LogP contribution is -2.00. The maximum atomic E-state index is 6.55. The minimum Gasteiger partial charge on any atom is -0.455 e. The molecule has 0 bridgehead atoms. The Hall–Kier alpha value is -6.91. The summed E-state index contributed by atoms with van der Waals surface area (Å²) in [5.74, 6) is 1.86. The Balaban J connectivity index is 1.15. The molecule has 0 fully saturated rings. The van der Waals surface area contributed by atoms with Crippen molar-refractivity contribution in [1.82, 2.24) is 15.0 Å².